The predicted molar refractivity (Wildman–Crippen MR) is 143 cm³/mol. The number of pyridine rings is 1. The zero-order valence-electron chi connectivity index (χ0n) is 21.4. The first kappa shape index (κ1) is 27.6. The molecule has 0 aliphatic heterocycles. The highest BCUT2D eigenvalue weighted by Gasteiger charge is 2.19. The molecule has 1 N–H and O–H groups in total. The SMILES string of the molecule is Cc1cc2ncc(C#N)c(Nc3ccc(F)c(Cl)c3)c2cc1CC(=O)/C=C/CN(C)C(=O)OC(C)(C)C. The molecule has 0 saturated heterocycles. The van der Waals surface area contributed by atoms with Gasteiger partial charge in [-0.25, -0.2) is 9.18 Å². The molecule has 9 heteroatoms. The molecule has 3 rings (SSSR count). The van der Waals surface area contributed by atoms with E-state index in [1.165, 1.54) is 35.4 Å². The Labute approximate surface area is 220 Å². The number of carbonyl (C=O) groups is 2. The molecule has 1 amide bonds. The Bertz CT molecular complexity index is 1420. The maximum absolute atomic E-state index is 13.6. The second kappa shape index (κ2) is 11.4. The molecule has 37 heavy (non-hydrogen) atoms. The van der Waals surface area contributed by atoms with Gasteiger partial charge in [-0.05, 0) is 75.2 Å². The van der Waals surface area contributed by atoms with E-state index in [0.29, 0.717) is 27.8 Å². The third-order valence-corrected chi connectivity index (χ3v) is 5.68. The molecule has 1 heterocycles. The Morgan fingerprint density at radius 3 is 2.65 bits per heavy atom. The van der Waals surface area contributed by atoms with Crippen molar-refractivity contribution in [2.45, 2.75) is 39.7 Å². The zero-order valence-corrected chi connectivity index (χ0v) is 22.1. The Morgan fingerprint density at radius 1 is 1.27 bits per heavy atom. The Hall–Kier alpha value is -3.96. The third-order valence-electron chi connectivity index (χ3n) is 5.39. The van der Waals surface area contributed by atoms with Crippen LogP contribution in [-0.4, -0.2) is 41.0 Å². The molecule has 1 aromatic heterocycles. The van der Waals surface area contributed by atoms with Gasteiger partial charge in [-0.3, -0.25) is 9.78 Å². The van der Waals surface area contributed by atoms with Crippen molar-refractivity contribution in [1.29, 1.82) is 5.26 Å². The number of hydrogen-bond donors (Lipinski definition) is 1. The lowest BCUT2D eigenvalue weighted by Crippen LogP contribution is -2.34. The maximum Gasteiger partial charge on any atom is 0.410 e. The topological polar surface area (TPSA) is 95.3 Å². The average Bonchev–Trinajstić information content (AvgIpc) is 2.81. The Balaban J connectivity index is 1.83. The largest absolute Gasteiger partial charge is 0.444 e. The Kier molecular flexibility index (Phi) is 8.51. The fourth-order valence-electron chi connectivity index (χ4n) is 3.52. The smallest absolute Gasteiger partial charge is 0.410 e. The van der Waals surface area contributed by atoms with E-state index in [4.69, 9.17) is 16.3 Å². The number of rotatable bonds is 7. The zero-order chi connectivity index (χ0) is 27.3. The number of amides is 1. The van der Waals surface area contributed by atoms with Crippen LogP contribution in [0, 0.1) is 24.1 Å². The quantitative estimate of drug-likeness (QED) is 0.356. The first-order valence-corrected chi connectivity index (χ1v) is 11.9. The Morgan fingerprint density at radius 2 is 2.00 bits per heavy atom. The summed E-state index contributed by atoms with van der Waals surface area (Å²) in [6, 6.07) is 9.98. The molecule has 0 saturated carbocycles. The first-order chi connectivity index (χ1) is 17.4. The lowest BCUT2D eigenvalue weighted by Gasteiger charge is -2.23. The minimum Gasteiger partial charge on any atom is -0.444 e. The number of nitrogens with zero attached hydrogens (tertiary/aromatic N) is 3. The van der Waals surface area contributed by atoms with Gasteiger partial charge in [0.1, 0.15) is 17.5 Å². The van der Waals surface area contributed by atoms with Crippen molar-refractivity contribution in [3.05, 3.63) is 76.2 Å². The van der Waals surface area contributed by atoms with Crippen molar-refractivity contribution >= 4 is 45.8 Å². The number of nitriles is 1. The summed E-state index contributed by atoms with van der Waals surface area (Å²) in [6.45, 7) is 7.47. The van der Waals surface area contributed by atoms with Gasteiger partial charge in [0.05, 0.1) is 21.8 Å². The van der Waals surface area contributed by atoms with Gasteiger partial charge in [0.2, 0.25) is 0 Å². The summed E-state index contributed by atoms with van der Waals surface area (Å²) in [5.41, 5.74) is 2.95. The maximum atomic E-state index is 13.6. The van der Waals surface area contributed by atoms with Crippen molar-refractivity contribution < 1.29 is 18.7 Å². The van der Waals surface area contributed by atoms with Gasteiger partial charge in [-0.2, -0.15) is 5.26 Å². The van der Waals surface area contributed by atoms with Crippen molar-refractivity contribution in [3.8, 4) is 6.07 Å². The summed E-state index contributed by atoms with van der Waals surface area (Å²) in [5.74, 6) is -0.696. The summed E-state index contributed by atoms with van der Waals surface area (Å²) in [6.07, 6.45) is 4.16. The van der Waals surface area contributed by atoms with Crippen molar-refractivity contribution in [1.82, 2.24) is 9.88 Å². The number of anilines is 2. The van der Waals surface area contributed by atoms with Crippen molar-refractivity contribution in [2.24, 2.45) is 0 Å². The van der Waals surface area contributed by atoms with Gasteiger partial charge in [0, 0.05) is 37.3 Å². The number of aromatic nitrogens is 1. The van der Waals surface area contributed by atoms with Gasteiger partial charge < -0.3 is 15.0 Å². The second-order valence-corrected chi connectivity index (χ2v) is 10.0. The van der Waals surface area contributed by atoms with E-state index in [0.717, 1.165) is 11.1 Å². The molecule has 3 aromatic rings. The van der Waals surface area contributed by atoms with Crippen LogP contribution in [0.25, 0.3) is 10.9 Å². The van der Waals surface area contributed by atoms with Gasteiger partial charge in [-0.1, -0.05) is 17.7 Å². The lowest BCUT2D eigenvalue weighted by molar-refractivity contribution is -0.114. The monoisotopic (exact) mass is 522 g/mol. The minimum atomic E-state index is -0.602. The predicted octanol–water partition coefficient (Wildman–Crippen LogP) is 6.49. The number of hydrogen-bond acceptors (Lipinski definition) is 6. The van der Waals surface area contributed by atoms with E-state index in [2.05, 4.69) is 16.4 Å². The van der Waals surface area contributed by atoms with Crippen molar-refractivity contribution in [3.63, 3.8) is 0 Å². The van der Waals surface area contributed by atoms with Crippen LogP contribution in [0.1, 0.15) is 37.5 Å². The van der Waals surface area contributed by atoms with E-state index in [1.807, 2.05) is 19.1 Å². The highest BCUT2D eigenvalue weighted by atomic mass is 35.5. The summed E-state index contributed by atoms with van der Waals surface area (Å²) in [7, 11) is 1.60. The highest BCUT2D eigenvalue weighted by Crippen LogP contribution is 2.32. The average molecular weight is 523 g/mol. The van der Waals surface area contributed by atoms with Crippen molar-refractivity contribution in [2.75, 3.05) is 18.9 Å². The number of halogens is 2. The normalized spacial score (nSPS) is 11.4. The van der Waals surface area contributed by atoms with E-state index in [1.54, 1.807) is 33.9 Å². The molecule has 192 valence electrons. The van der Waals surface area contributed by atoms with E-state index in [9.17, 15) is 19.2 Å². The number of fused-ring (bicyclic) bond motifs is 1. The molecule has 0 bridgehead atoms. The molecule has 0 atom stereocenters. The fraction of sp³-hybridized carbons (Fsp3) is 0.286. The summed E-state index contributed by atoms with van der Waals surface area (Å²) >= 11 is 5.92. The van der Waals surface area contributed by atoms with Gasteiger partial charge in [0.25, 0.3) is 0 Å². The van der Waals surface area contributed by atoms with Gasteiger partial charge in [-0.15, -0.1) is 0 Å². The number of benzene rings is 2. The number of ketones is 1. The fourth-order valence-corrected chi connectivity index (χ4v) is 3.70. The number of aryl methyl sites for hydroxylation is 1. The molecular formula is C28H28ClFN4O3. The van der Waals surface area contributed by atoms with Crippen LogP contribution in [0.15, 0.2) is 48.7 Å². The van der Waals surface area contributed by atoms with E-state index < -0.39 is 17.5 Å². The van der Waals surface area contributed by atoms with E-state index in [-0.39, 0.29) is 23.8 Å². The highest BCUT2D eigenvalue weighted by molar-refractivity contribution is 6.31. The first-order valence-electron chi connectivity index (χ1n) is 11.6. The molecule has 0 fully saturated rings. The number of allylic oxidation sites excluding steroid dienone is 1. The number of carbonyl (C=O) groups excluding carboxylic acids is 2. The van der Waals surface area contributed by atoms with Crippen LogP contribution in [-0.2, 0) is 16.0 Å². The lowest BCUT2D eigenvalue weighted by atomic mass is 9.98. The number of likely N-dealkylation sites (N-methyl/N-ethyl adjacent to an activating group) is 1. The number of nitrogens with one attached hydrogen (secondary N) is 1. The van der Waals surface area contributed by atoms with Crippen LogP contribution in [0.2, 0.25) is 5.02 Å². The van der Waals surface area contributed by atoms with Crippen LogP contribution < -0.4 is 5.32 Å². The van der Waals surface area contributed by atoms with Gasteiger partial charge in [0.15, 0.2) is 5.78 Å². The molecule has 0 spiro atoms. The van der Waals surface area contributed by atoms with Crippen LogP contribution in [0.3, 0.4) is 0 Å². The summed E-state index contributed by atoms with van der Waals surface area (Å²) in [5, 5.41) is 13.4. The van der Waals surface area contributed by atoms with Gasteiger partial charge >= 0.3 is 6.09 Å². The molecule has 0 aliphatic carbocycles. The summed E-state index contributed by atoms with van der Waals surface area (Å²) in [4.78, 5) is 30.5. The second-order valence-electron chi connectivity index (χ2n) is 9.61. The third kappa shape index (κ3) is 7.28. The molecule has 7 nitrogen and oxygen atoms in total. The molecule has 0 unspecified atom stereocenters. The van der Waals surface area contributed by atoms with Crippen LogP contribution >= 0.6 is 11.6 Å². The molecule has 2 aromatic carbocycles. The minimum absolute atomic E-state index is 0.0481. The summed E-state index contributed by atoms with van der Waals surface area (Å²) < 4.78 is 18.9. The molecule has 0 radical (unpaired) electrons. The van der Waals surface area contributed by atoms with Crippen LogP contribution in [0.5, 0.6) is 0 Å². The number of ether oxygens (including phenoxy) is 1. The van der Waals surface area contributed by atoms with E-state index >= 15 is 0 Å². The molecule has 0 aliphatic rings. The molecular weight excluding hydrogens is 495 g/mol. The standard InChI is InChI=1S/C28H28ClFN4O3/c1-17-11-25-22(26(19(15-31)16-32-25)33-20-8-9-24(30)23(29)14-20)13-18(17)12-21(35)7-6-10-34(5)27(36)37-28(2,3)4/h6-9,11,13-14,16H,10,12H2,1-5H3,(H,32,33)/b7-6+. The van der Waals surface area contributed by atoms with Crippen LogP contribution in [0.4, 0.5) is 20.6 Å².